The molecule has 4 heteroatoms. The van der Waals surface area contributed by atoms with Gasteiger partial charge < -0.3 is 0 Å². The predicted octanol–water partition coefficient (Wildman–Crippen LogP) is 1.85. The van der Waals surface area contributed by atoms with E-state index in [0.29, 0.717) is 0 Å². The van der Waals surface area contributed by atoms with E-state index in [9.17, 15) is 0 Å². The van der Waals surface area contributed by atoms with Crippen LogP contribution in [0.1, 0.15) is 0 Å². The van der Waals surface area contributed by atoms with Crippen LogP contribution in [-0.2, 0) is 17.1 Å². The molecule has 0 saturated carbocycles. The first-order valence-corrected chi connectivity index (χ1v) is 0. The van der Waals surface area contributed by atoms with Crippen LogP contribution >= 0.6 is 71.9 Å². The summed E-state index contributed by atoms with van der Waals surface area (Å²) in [4.78, 5) is 0. The quantitative estimate of drug-likeness (QED) is 0.393. The van der Waals surface area contributed by atoms with Crippen LogP contribution in [0.2, 0.25) is 0 Å². The molecule has 35 valence electrons. The molecule has 0 aliphatic rings. The maximum atomic E-state index is 0. The van der Waals surface area contributed by atoms with Crippen molar-refractivity contribution in [3.8, 4) is 0 Å². The molecule has 0 atom stereocenters. The fourth-order valence-electron chi connectivity index (χ4n) is 0. The van der Waals surface area contributed by atoms with Crippen molar-refractivity contribution in [3.05, 3.63) is 0 Å². The molecular formula is H3CuI3. The summed E-state index contributed by atoms with van der Waals surface area (Å²) in [5.41, 5.74) is 0. The average Bonchev–Trinajstić information content (AvgIpc) is 0. The zero-order valence-electron chi connectivity index (χ0n) is 1.53. The van der Waals surface area contributed by atoms with Gasteiger partial charge in [-0.2, -0.15) is 0 Å². The summed E-state index contributed by atoms with van der Waals surface area (Å²) in [6.07, 6.45) is 0. The van der Waals surface area contributed by atoms with Crippen molar-refractivity contribution in [3.63, 3.8) is 0 Å². The normalized spacial score (nSPS) is 0. The minimum absolute atomic E-state index is 0. The van der Waals surface area contributed by atoms with Crippen molar-refractivity contribution in [2.45, 2.75) is 0 Å². The van der Waals surface area contributed by atoms with E-state index in [1.165, 1.54) is 0 Å². The van der Waals surface area contributed by atoms with Gasteiger partial charge in [-0.05, 0) is 0 Å². The van der Waals surface area contributed by atoms with E-state index >= 15 is 0 Å². The second-order valence-corrected chi connectivity index (χ2v) is 0. The standard InChI is InChI=1S/Cu.3HI/h;3*1H. The minimum Gasteiger partial charge on any atom is -0.107 e. The molecule has 0 nitrogen and oxygen atoms in total. The molecule has 0 saturated heterocycles. The van der Waals surface area contributed by atoms with Crippen molar-refractivity contribution < 1.29 is 17.1 Å². The van der Waals surface area contributed by atoms with E-state index in [2.05, 4.69) is 0 Å². The second kappa shape index (κ2) is 17.2. The van der Waals surface area contributed by atoms with E-state index in [1.54, 1.807) is 0 Å². The van der Waals surface area contributed by atoms with E-state index in [-0.39, 0.29) is 89.0 Å². The molecule has 0 bridgehead atoms. The van der Waals surface area contributed by atoms with Gasteiger partial charge in [0.05, 0.1) is 0 Å². The Balaban J connectivity index is 0. The molecule has 4 heavy (non-hydrogen) atoms. The van der Waals surface area contributed by atoms with Gasteiger partial charge in [-0.1, -0.05) is 0 Å². The van der Waals surface area contributed by atoms with E-state index in [0.717, 1.165) is 0 Å². The molecule has 0 aromatic heterocycles. The summed E-state index contributed by atoms with van der Waals surface area (Å²) in [7, 11) is 0. The first-order chi connectivity index (χ1) is 0. The van der Waals surface area contributed by atoms with Crippen molar-refractivity contribution in [1.29, 1.82) is 0 Å². The fraction of sp³-hybridized carbons (Fsp3) is 0. The smallest absolute Gasteiger partial charge is 0 e. The summed E-state index contributed by atoms with van der Waals surface area (Å²) in [5, 5.41) is 0. The Morgan fingerprint density at radius 3 is 0.500 bits per heavy atom. The molecule has 0 heterocycles. The van der Waals surface area contributed by atoms with Crippen LogP contribution in [0.15, 0.2) is 0 Å². The first-order valence-electron chi connectivity index (χ1n) is 0. The summed E-state index contributed by atoms with van der Waals surface area (Å²) in [6.45, 7) is 0. The Morgan fingerprint density at radius 1 is 0.500 bits per heavy atom. The van der Waals surface area contributed by atoms with Crippen LogP contribution in [-0.4, -0.2) is 0 Å². The predicted molar refractivity (Wildman–Crippen MR) is 46.2 cm³/mol. The Hall–Kier alpha value is 2.71. The first kappa shape index (κ1) is 29.8. The number of rotatable bonds is 0. The van der Waals surface area contributed by atoms with Gasteiger partial charge in [-0.3, -0.25) is 0 Å². The van der Waals surface area contributed by atoms with Gasteiger partial charge in [0, 0.05) is 17.1 Å². The fourth-order valence-corrected chi connectivity index (χ4v) is 0. The SMILES string of the molecule is I.I.I.[Cu]. The molecule has 0 aromatic carbocycles. The Bertz CT molecular complexity index is 3.25. The summed E-state index contributed by atoms with van der Waals surface area (Å²) < 4.78 is 0. The molecule has 0 aromatic rings. The third kappa shape index (κ3) is 8.83. The van der Waals surface area contributed by atoms with Crippen LogP contribution in [0.4, 0.5) is 0 Å². The summed E-state index contributed by atoms with van der Waals surface area (Å²) in [5.74, 6) is 0. The van der Waals surface area contributed by atoms with E-state index in [1.807, 2.05) is 0 Å². The summed E-state index contributed by atoms with van der Waals surface area (Å²) in [6, 6.07) is 0. The average molecular weight is 447 g/mol. The van der Waals surface area contributed by atoms with Crippen molar-refractivity contribution >= 4 is 71.9 Å². The molecular weight excluding hydrogens is 444 g/mol. The van der Waals surface area contributed by atoms with Gasteiger partial charge in [0.2, 0.25) is 0 Å². The van der Waals surface area contributed by atoms with Crippen molar-refractivity contribution in [1.82, 2.24) is 0 Å². The maximum absolute atomic E-state index is 0. The largest absolute Gasteiger partial charge is 0.107 e. The Labute approximate surface area is 87.4 Å². The Morgan fingerprint density at radius 2 is 0.500 bits per heavy atom. The molecule has 1 radical (unpaired) electrons. The van der Waals surface area contributed by atoms with Crippen molar-refractivity contribution in [2.75, 3.05) is 0 Å². The van der Waals surface area contributed by atoms with E-state index < -0.39 is 0 Å². The van der Waals surface area contributed by atoms with Crippen LogP contribution in [0.5, 0.6) is 0 Å². The second-order valence-electron chi connectivity index (χ2n) is 0. The third-order valence-corrected chi connectivity index (χ3v) is 0. The van der Waals surface area contributed by atoms with Gasteiger partial charge in [-0.15, -0.1) is 71.9 Å². The molecule has 0 aliphatic carbocycles. The van der Waals surface area contributed by atoms with Crippen LogP contribution in [0.25, 0.3) is 0 Å². The summed E-state index contributed by atoms with van der Waals surface area (Å²) >= 11 is 0. The van der Waals surface area contributed by atoms with E-state index in [4.69, 9.17) is 0 Å². The molecule has 0 spiro atoms. The topological polar surface area (TPSA) is 0 Å². The van der Waals surface area contributed by atoms with Gasteiger partial charge >= 0.3 is 0 Å². The van der Waals surface area contributed by atoms with Gasteiger partial charge in [-0.25, -0.2) is 0 Å². The van der Waals surface area contributed by atoms with Gasteiger partial charge in [0.15, 0.2) is 0 Å². The zero-order valence-corrected chi connectivity index (χ0v) is 9.46. The number of hydrogen-bond acceptors (Lipinski definition) is 0. The Kier molecular flexibility index (Phi) is 128. The molecule has 0 aliphatic heterocycles. The minimum atomic E-state index is 0. The number of hydrogen-bond donors (Lipinski definition) is 0. The monoisotopic (exact) mass is 447 g/mol. The zero-order chi connectivity index (χ0) is 0. The molecule has 0 fully saturated rings. The molecule has 0 rings (SSSR count). The van der Waals surface area contributed by atoms with Crippen molar-refractivity contribution in [2.24, 2.45) is 0 Å². The maximum Gasteiger partial charge on any atom is 0 e. The van der Waals surface area contributed by atoms with Gasteiger partial charge in [0.25, 0.3) is 0 Å². The molecule has 0 unspecified atom stereocenters. The van der Waals surface area contributed by atoms with Crippen LogP contribution in [0.3, 0.4) is 0 Å². The molecule has 0 N–H and O–H groups in total. The van der Waals surface area contributed by atoms with Crippen LogP contribution < -0.4 is 0 Å². The van der Waals surface area contributed by atoms with Gasteiger partial charge in [0.1, 0.15) is 0 Å². The van der Waals surface area contributed by atoms with Crippen LogP contribution in [0, 0.1) is 0 Å². The number of halogens is 3. The molecule has 0 amide bonds. The third-order valence-electron chi connectivity index (χ3n) is 0.